The van der Waals surface area contributed by atoms with Crippen molar-refractivity contribution in [2.75, 3.05) is 13.6 Å². The maximum absolute atomic E-state index is 11.8. The Morgan fingerprint density at radius 1 is 1.56 bits per heavy atom. The van der Waals surface area contributed by atoms with Gasteiger partial charge in [0.2, 0.25) is 0 Å². The molecule has 1 heterocycles. The minimum Gasteiger partial charge on any atom is -0.481 e. The number of hydrogen-bond donors (Lipinski definition) is 3. The quantitative estimate of drug-likeness (QED) is 0.697. The number of nitrogens with zero attached hydrogens (tertiary/aromatic N) is 3. The Morgan fingerprint density at radius 2 is 2.22 bits per heavy atom. The maximum Gasteiger partial charge on any atom is 0.317 e. The zero-order valence-corrected chi connectivity index (χ0v) is 10.5. The second-order valence-electron chi connectivity index (χ2n) is 4.16. The topological polar surface area (TPSA) is 111 Å². The van der Waals surface area contributed by atoms with Crippen molar-refractivity contribution in [3.05, 3.63) is 12.2 Å². The van der Waals surface area contributed by atoms with Crippen LogP contribution in [0.15, 0.2) is 6.33 Å². The summed E-state index contributed by atoms with van der Waals surface area (Å²) in [4.78, 5) is 27.7. The molecular weight excluding hydrogens is 238 g/mol. The molecule has 8 nitrogen and oxygen atoms in total. The summed E-state index contributed by atoms with van der Waals surface area (Å²) in [7, 11) is 1.54. The van der Waals surface area contributed by atoms with Crippen molar-refractivity contribution in [3.63, 3.8) is 0 Å². The average molecular weight is 255 g/mol. The highest BCUT2D eigenvalue weighted by Crippen LogP contribution is 2.05. The smallest absolute Gasteiger partial charge is 0.317 e. The van der Waals surface area contributed by atoms with Crippen LogP contribution in [0.5, 0.6) is 0 Å². The number of aromatic amines is 1. The van der Waals surface area contributed by atoms with Crippen LogP contribution in [0.3, 0.4) is 0 Å². The molecule has 100 valence electrons. The number of carbonyl (C=O) groups excluding carboxylic acids is 1. The summed E-state index contributed by atoms with van der Waals surface area (Å²) in [6.45, 7) is 3.45. The predicted octanol–water partition coefficient (Wildman–Crippen LogP) is 0.228. The van der Waals surface area contributed by atoms with Crippen LogP contribution in [0.1, 0.15) is 25.7 Å². The Balaban J connectivity index is 2.47. The van der Waals surface area contributed by atoms with Crippen LogP contribution in [0.25, 0.3) is 0 Å². The molecule has 1 rings (SSSR count). The Bertz CT molecular complexity index is 406. The summed E-state index contributed by atoms with van der Waals surface area (Å²) < 4.78 is 0. The van der Waals surface area contributed by atoms with Crippen LogP contribution < -0.4 is 5.32 Å². The zero-order chi connectivity index (χ0) is 13.7. The number of nitrogens with one attached hydrogen (secondary N) is 2. The molecule has 0 spiro atoms. The second-order valence-corrected chi connectivity index (χ2v) is 4.16. The van der Waals surface area contributed by atoms with Gasteiger partial charge in [0.15, 0.2) is 0 Å². The average Bonchev–Trinajstić information content (AvgIpc) is 2.81. The van der Waals surface area contributed by atoms with E-state index in [1.165, 1.54) is 11.2 Å². The number of amides is 2. The first kappa shape index (κ1) is 13.9. The monoisotopic (exact) mass is 255 g/mol. The number of urea groups is 1. The summed E-state index contributed by atoms with van der Waals surface area (Å²) in [6, 6.07) is -0.672. The highest BCUT2D eigenvalue weighted by atomic mass is 16.4. The first-order chi connectivity index (χ1) is 8.41. The van der Waals surface area contributed by atoms with Crippen molar-refractivity contribution in [3.8, 4) is 0 Å². The van der Waals surface area contributed by atoms with Gasteiger partial charge in [-0.25, -0.2) is 9.78 Å². The SMILES string of the molecule is CC(CN(C)C(=O)NC(C)c1ncn[nH]1)C(=O)O. The van der Waals surface area contributed by atoms with Gasteiger partial charge in [-0.3, -0.25) is 9.89 Å². The van der Waals surface area contributed by atoms with Crippen molar-refractivity contribution in [1.82, 2.24) is 25.4 Å². The van der Waals surface area contributed by atoms with Crippen LogP contribution in [-0.4, -0.2) is 50.8 Å². The molecule has 2 unspecified atom stereocenters. The van der Waals surface area contributed by atoms with Crippen molar-refractivity contribution in [2.45, 2.75) is 19.9 Å². The fraction of sp³-hybridized carbons (Fsp3) is 0.600. The van der Waals surface area contributed by atoms with Gasteiger partial charge in [0.25, 0.3) is 0 Å². The van der Waals surface area contributed by atoms with Crippen LogP contribution in [0.4, 0.5) is 4.79 Å². The van der Waals surface area contributed by atoms with Crippen molar-refractivity contribution in [2.24, 2.45) is 5.92 Å². The molecule has 8 heteroatoms. The fourth-order valence-corrected chi connectivity index (χ4v) is 1.36. The van der Waals surface area contributed by atoms with E-state index < -0.39 is 11.9 Å². The summed E-state index contributed by atoms with van der Waals surface area (Å²) in [5.74, 6) is -0.998. The Labute approximate surface area is 104 Å². The lowest BCUT2D eigenvalue weighted by molar-refractivity contribution is -0.141. The molecule has 1 aromatic heterocycles. The predicted molar refractivity (Wildman–Crippen MR) is 62.8 cm³/mol. The largest absolute Gasteiger partial charge is 0.481 e. The molecule has 0 aliphatic heterocycles. The molecule has 0 aliphatic rings. The third-order valence-corrected chi connectivity index (χ3v) is 2.50. The number of hydrogen-bond acceptors (Lipinski definition) is 4. The Kier molecular flexibility index (Phi) is 4.64. The van der Waals surface area contributed by atoms with Crippen LogP contribution in [0.2, 0.25) is 0 Å². The normalized spacial score (nSPS) is 13.7. The highest BCUT2D eigenvalue weighted by Gasteiger charge is 2.19. The number of H-pyrrole nitrogens is 1. The number of aromatic nitrogens is 3. The van der Waals surface area contributed by atoms with Gasteiger partial charge in [-0.1, -0.05) is 6.92 Å². The lowest BCUT2D eigenvalue weighted by Crippen LogP contribution is -2.41. The van der Waals surface area contributed by atoms with Gasteiger partial charge in [0.05, 0.1) is 12.0 Å². The number of aliphatic carboxylic acids is 1. The molecule has 2 atom stereocenters. The van der Waals surface area contributed by atoms with E-state index in [0.717, 1.165) is 0 Å². The van der Waals surface area contributed by atoms with Gasteiger partial charge in [-0.05, 0) is 6.92 Å². The third-order valence-electron chi connectivity index (χ3n) is 2.50. The molecule has 18 heavy (non-hydrogen) atoms. The molecule has 0 aliphatic carbocycles. The molecular formula is C10H17N5O3. The lowest BCUT2D eigenvalue weighted by atomic mass is 10.2. The lowest BCUT2D eigenvalue weighted by Gasteiger charge is -2.21. The van der Waals surface area contributed by atoms with E-state index in [1.54, 1.807) is 20.9 Å². The van der Waals surface area contributed by atoms with E-state index in [-0.39, 0.29) is 18.6 Å². The van der Waals surface area contributed by atoms with E-state index in [0.29, 0.717) is 5.82 Å². The molecule has 0 saturated heterocycles. The number of carboxylic acid groups (broad SMARTS) is 1. The minimum atomic E-state index is -0.932. The molecule has 0 bridgehead atoms. The van der Waals surface area contributed by atoms with Gasteiger partial charge in [-0.2, -0.15) is 5.10 Å². The molecule has 2 amide bonds. The Morgan fingerprint density at radius 3 is 2.72 bits per heavy atom. The maximum atomic E-state index is 11.8. The standard InChI is InChI=1S/C10H17N5O3/c1-6(9(16)17)4-15(3)10(18)13-7(2)8-11-5-12-14-8/h5-7H,4H2,1-3H3,(H,13,18)(H,16,17)(H,11,12,14). The van der Waals surface area contributed by atoms with Crippen molar-refractivity contribution >= 4 is 12.0 Å². The summed E-state index contributed by atoms with van der Waals surface area (Å²) in [6.07, 6.45) is 1.36. The fourth-order valence-electron chi connectivity index (χ4n) is 1.36. The van der Waals surface area contributed by atoms with Crippen LogP contribution in [-0.2, 0) is 4.79 Å². The number of carbonyl (C=O) groups is 2. The van der Waals surface area contributed by atoms with Gasteiger partial charge < -0.3 is 15.3 Å². The van der Waals surface area contributed by atoms with E-state index >= 15 is 0 Å². The molecule has 0 fully saturated rings. The zero-order valence-electron chi connectivity index (χ0n) is 10.5. The molecule has 0 saturated carbocycles. The van der Waals surface area contributed by atoms with Crippen LogP contribution >= 0.6 is 0 Å². The Hall–Kier alpha value is -2.12. The number of carboxylic acids is 1. The first-order valence-electron chi connectivity index (χ1n) is 5.51. The third kappa shape index (κ3) is 3.72. The first-order valence-corrected chi connectivity index (χ1v) is 5.51. The number of rotatable bonds is 5. The highest BCUT2D eigenvalue weighted by molar-refractivity contribution is 5.76. The minimum absolute atomic E-state index is 0.143. The second kappa shape index (κ2) is 5.99. The molecule has 0 aromatic carbocycles. The van der Waals surface area contributed by atoms with E-state index in [9.17, 15) is 9.59 Å². The summed E-state index contributed by atoms with van der Waals surface area (Å²) in [5, 5.41) is 17.8. The van der Waals surface area contributed by atoms with E-state index in [2.05, 4.69) is 20.5 Å². The van der Waals surface area contributed by atoms with E-state index in [1.807, 2.05) is 0 Å². The molecule has 3 N–H and O–H groups in total. The van der Waals surface area contributed by atoms with Gasteiger partial charge in [0.1, 0.15) is 12.2 Å². The summed E-state index contributed by atoms with van der Waals surface area (Å²) in [5.41, 5.74) is 0. The van der Waals surface area contributed by atoms with Gasteiger partial charge in [-0.15, -0.1) is 0 Å². The molecule has 0 radical (unpaired) electrons. The molecule has 1 aromatic rings. The summed E-state index contributed by atoms with van der Waals surface area (Å²) >= 11 is 0. The van der Waals surface area contributed by atoms with Crippen molar-refractivity contribution in [1.29, 1.82) is 0 Å². The van der Waals surface area contributed by atoms with Gasteiger partial charge >= 0.3 is 12.0 Å². The van der Waals surface area contributed by atoms with Gasteiger partial charge in [0, 0.05) is 13.6 Å². The van der Waals surface area contributed by atoms with E-state index in [4.69, 9.17) is 5.11 Å². The van der Waals surface area contributed by atoms with Crippen LogP contribution in [0, 0.1) is 5.92 Å². The van der Waals surface area contributed by atoms with Crippen molar-refractivity contribution < 1.29 is 14.7 Å².